The molecule has 7 heteroatoms. The van der Waals surface area contributed by atoms with Crippen molar-refractivity contribution in [1.29, 1.82) is 0 Å². The quantitative estimate of drug-likeness (QED) is 0.697. The van der Waals surface area contributed by atoms with Crippen molar-refractivity contribution in [2.45, 2.75) is 0 Å². The van der Waals surface area contributed by atoms with E-state index >= 15 is 0 Å². The summed E-state index contributed by atoms with van der Waals surface area (Å²) in [5.74, 6) is 0.310. The highest BCUT2D eigenvalue weighted by molar-refractivity contribution is 5.91. The van der Waals surface area contributed by atoms with Gasteiger partial charge >= 0.3 is 5.97 Å². The average Bonchev–Trinajstić information content (AvgIpc) is 3.05. The van der Waals surface area contributed by atoms with E-state index in [2.05, 4.69) is 14.8 Å². The highest BCUT2D eigenvalue weighted by atomic mass is 16.5. The molecule has 0 saturated carbocycles. The summed E-state index contributed by atoms with van der Waals surface area (Å²) in [6, 6.07) is 4.80. The van der Waals surface area contributed by atoms with E-state index in [0.29, 0.717) is 22.9 Å². The van der Waals surface area contributed by atoms with Gasteiger partial charge in [0.15, 0.2) is 11.5 Å². The Morgan fingerprint density at radius 2 is 2.32 bits per heavy atom. The van der Waals surface area contributed by atoms with Gasteiger partial charge < -0.3 is 14.9 Å². The summed E-state index contributed by atoms with van der Waals surface area (Å²) in [5, 5.41) is 4.25. The summed E-state index contributed by atoms with van der Waals surface area (Å²) in [6.45, 7) is 0. The van der Waals surface area contributed by atoms with Gasteiger partial charge in [-0.15, -0.1) is 5.10 Å². The Bertz CT molecular complexity index is 746. The first kappa shape index (κ1) is 11.3. The number of fused-ring (bicyclic) bond motifs is 1. The summed E-state index contributed by atoms with van der Waals surface area (Å²) >= 11 is 0. The number of furan rings is 1. The number of ether oxygens (including phenoxy) is 1. The van der Waals surface area contributed by atoms with E-state index in [0.717, 1.165) is 5.56 Å². The number of hydrogen-bond acceptors (Lipinski definition) is 6. The van der Waals surface area contributed by atoms with Crippen LogP contribution in [0.25, 0.3) is 17.0 Å². The molecule has 0 spiro atoms. The summed E-state index contributed by atoms with van der Waals surface area (Å²) in [4.78, 5) is 15.8. The van der Waals surface area contributed by atoms with Crippen LogP contribution in [0.2, 0.25) is 0 Å². The van der Waals surface area contributed by atoms with Crippen LogP contribution in [0.3, 0.4) is 0 Å². The molecule has 19 heavy (non-hydrogen) atoms. The number of rotatable bonds is 2. The van der Waals surface area contributed by atoms with Crippen molar-refractivity contribution in [2.24, 2.45) is 0 Å². The van der Waals surface area contributed by atoms with Crippen LogP contribution >= 0.6 is 0 Å². The Kier molecular flexibility index (Phi) is 2.45. The average molecular weight is 258 g/mol. The van der Waals surface area contributed by atoms with E-state index in [1.165, 1.54) is 30.2 Å². The second kappa shape index (κ2) is 4.13. The van der Waals surface area contributed by atoms with Gasteiger partial charge in [0.05, 0.1) is 24.5 Å². The zero-order valence-electron chi connectivity index (χ0n) is 10.0. The fourth-order valence-electron chi connectivity index (χ4n) is 1.76. The second-order valence-corrected chi connectivity index (χ2v) is 3.88. The normalized spacial score (nSPS) is 10.8. The number of anilines is 1. The molecule has 0 saturated heterocycles. The number of carbonyl (C=O) groups is 1. The molecule has 0 aliphatic rings. The number of carbonyl (C=O) groups excluding carboxylic acids is 1. The van der Waals surface area contributed by atoms with Gasteiger partial charge in [-0.25, -0.2) is 9.78 Å². The van der Waals surface area contributed by atoms with Crippen LogP contribution in [0, 0.1) is 0 Å². The second-order valence-electron chi connectivity index (χ2n) is 3.88. The van der Waals surface area contributed by atoms with Crippen molar-refractivity contribution < 1.29 is 13.9 Å². The molecule has 3 aromatic heterocycles. The molecule has 0 amide bonds. The maximum Gasteiger partial charge on any atom is 0.338 e. The van der Waals surface area contributed by atoms with Crippen molar-refractivity contribution in [2.75, 3.05) is 12.8 Å². The smallest absolute Gasteiger partial charge is 0.338 e. The minimum Gasteiger partial charge on any atom is -0.472 e. The Hall–Kier alpha value is -2.83. The van der Waals surface area contributed by atoms with Crippen molar-refractivity contribution in [3.63, 3.8) is 0 Å². The highest BCUT2D eigenvalue weighted by Crippen LogP contribution is 2.19. The van der Waals surface area contributed by atoms with Crippen molar-refractivity contribution in [3.05, 3.63) is 36.3 Å². The van der Waals surface area contributed by atoms with Gasteiger partial charge in [-0.3, -0.25) is 0 Å². The van der Waals surface area contributed by atoms with Gasteiger partial charge in [0, 0.05) is 0 Å². The first-order valence-electron chi connectivity index (χ1n) is 5.46. The van der Waals surface area contributed by atoms with E-state index in [1.54, 1.807) is 12.1 Å². The Labute approximate surface area is 107 Å². The van der Waals surface area contributed by atoms with E-state index in [1.807, 2.05) is 0 Å². The predicted molar refractivity (Wildman–Crippen MR) is 66.4 cm³/mol. The van der Waals surface area contributed by atoms with Gasteiger partial charge in [0.1, 0.15) is 12.1 Å². The third kappa shape index (κ3) is 1.81. The fourth-order valence-corrected chi connectivity index (χ4v) is 1.76. The number of esters is 1. The van der Waals surface area contributed by atoms with Crippen molar-refractivity contribution in [3.8, 4) is 11.4 Å². The van der Waals surface area contributed by atoms with Crippen LogP contribution in [0.1, 0.15) is 10.4 Å². The van der Waals surface area contributed by atoms with Gasteiger partial charge in [-0.05, 0) is 18.2 Å². The Morgan fingerprint density at radius 3 is 3.00 bits per heavy atom. The standard InChI is InChI=1S/C12H10N4O3/c1-18-12(17)8-4-9(13)16-10(5-8)14-11(15-16)7-2-3-19-6-7/h2-6H,13H2,1H3. The lowest BCUT2D eigenvalue weighted by atomic mass is 10.2. The zero-order chi connectivity index (χ0) is 13.4. The molecule has 0 aliphatic heterocycles. The molecule has 0 aromatic carbocycles. The molecule has 0 aliphatic carbocycles. The predicted octanol–water partition coefficient (Wildman–Crippen LogP) is 1.36. The van der Waals surface area contributed by atoms with Gasteiger partial charge in [-0.2, -0.15) is 4.52 Å². The summed E-state index contributed by atoms with van der Waals surface area (Å²) in [7, 11) is 1.31. The molecule has 0 radical (unpaired) electrons. The number of nitrogens with zero attached hydrogens (tertiary/aromatic N) is 3. The molecule has 3 rings (SSSR count). The molecule has 0 unspecified atom stereocenters. The lowest BCUT2D eigenvalue weighted by Crippen LogP contribution is -2.06. The molecule has 0 bridgehead atoms. The van der Waals surface area contributed by atoms with E-state index < -0.39 is 5.97 Å². The van der Waals surface area contributed by atoms with E-state index in [-0.39, 0.29) is 0 Å². The Balaban J connectivity index is 2.17. The molecular formula is C12H10N4O3. The largest absolute Gasteiger partial charge is 0.472 e. The molecule has 3 heterocycles. The number of nitrogen functional groups attached to an aromatic ring is 1. The van der Waals surface area contributed by atoms with Crippen LogP contribution in [0.5, 0.6) is 0 Å². The van der Waals surface area contributed by atoms with Gasteiger partial charge in [0.25, 0.3) is 0 Å². The fraction of sp³-hybridized carbons (Fsp3) is 0.0833. The molecule has 7 nitrogen and oxygen atoms in total. The zero-order valence-corrected chi connectivity index (χ0v) is 10.0. The van der Waals surface area contributed by atoms with E-state index in [4.69, 9.17) is 10.2 Å². The first-order valence-corrected chi connectivity index (χ1v) is 5.46. The number of aromatic nitrogens is 3. The summed E-state index contributed by atoms with van der Waals surface area (Å²) in [5.41, 5.74) is 7.39. The Morgan fingerprint density at radius 1 is 1.47 bits per heavy atom. The highest BCUT2D eigenvalue weighted by Gasteiger charge is 2.13. The third-order valence-corrected chi connectivity index (χ3v) is 2.67. The third-order valence-electron chi connectivity index (χ3n) is 2.67. The van der Waals surface area contributed by atoms with Gasteiger partial charge in [-0.1, -0.05) is 0 Å². The number of nitrogens with two attached hydrogens (primary N) is 1. The molecule has 0 fully saturated rings. The maximum absolute atomic E-state index is 11.5. The number of hydrogen-bond donors (Lipinski definition) is 1. The number of pyridine rings is 1. The lowest BCUT2D eigenvalue weighted by Gasteiger charge is -2.01. The monoisotopic (exact) mass is 258 g/mol. The van der Waals surface area contributed by atoms with Crippen LogP contribution < -0.4 is 5.73 Å². The lowest BCUT2D eigenvalue weighted by molar-refractivity contribution is 0.0601. The molecule has 3 aromatic rings. The summed E-state index contributed by atoms with van der Waals surface area (Å²) in [6.07, 6.45) is 3.07. The summed E-state index contributed by atoms with van der Waals surface area (Å²) < 4.78 is 11.1. The van der Waals surface area contributed by atoms with Crippen LogP contribution in [0.4, 0.5) is 5.82 Å². The SMILES string of the molecule is COC(=O)c1cc(N)n2nc(-c3ccoc3)nc2c1. The molecule has 2 N–H and O–H groups in total. The topological polar surface area (TPSA) is 95.7 Å². The van der Waals surface area contributed by atoms with Crippen LogP contribution in [-0.4, -0.2) is 27.7 Å². The maximum atomic E-state index is 11.5. The minimum absolute atomic E-state index is 0.306. The molecular weight excluding hydrogens is 248 g/mol. The molecule has 96 valence electrons. The van der Waals surface area contributed by atoms with Crippen molar-refractivity contribution >= 4 is 17.4 Å². The first-order chi connectivity index (χ1) is 9.19. The number of methoxy groups -OCH3 is 1. The minimum atomic E-state index is -0.470. The van der Waals surface area contributed by atoms with Gasteiger partial charge in [0.2, 0.25) is 0 Å². The van der Waals surface area contributed by atoms with Crippen LogP contribution in [0.15, 0.2) is 35.1 Å². The molecule has 0 atom stereocenters. The van der Waals surface area contributed by atoms with Crippen molar-refractivity contribution in [1.82, 2.24) is 14.6 Å². The van der Waals surface area contributed by atoms with Crippen LogP contribution in [-0.2, 0) is 4.74 Å². The van der Waals surface area contributed by atoms with E-state index in [9.17, 15) is 4.79 Å².